The van der Waals surface area contributed by atoms with Crippen LogP contribution in [-0.2, 0) is 0 Å². The topological polar surface area (TPSA) is 71.1 Å². The van der Waals surface area contributed by atoms with E-state index in [2.05, 4.69) is 15.6 Å². The van der Waals surface area contributed by atoms with E-state index >= 15 is 0 Å². The van der Waals surface area contributed by atoms with Gasteiger partial charge in [0.25, 0.3) is 11.8 Å². The zero-order chi connectivity index (χ0) is 17.6. The van der Waals surface area contributed by atoms with E-state index in [1.54, 1.807) is 66.9 Å². The van der Waals surface area contributed by atoms with Crippen molar-refractivity contribution in [1.29, 1.82) is 0 Å². The summed E-state index contributed by atoms with van der Waals surface area (Å²) < 4.78 is 0. The number of para-hydroxylation sites is 2. The molecule has 1 aromatic heterocycles. The van der Waals surface area contributed by atoms with E-state index in [9.17, 15) is 9.59 Å². The van der Waals surface area contributed by atoms with Crippen LogP contribution in [0.1, 0.15) is 20.7 Å². The van der Waals surface area contributed by atoms with E-state index in [0.717, 1.165) is 0 Å². The van der Waals surface area contributed by atoms with E-state index < -0.39 is 0 Å². The summed E-state index contributed by atoms with van der Waals surface area (Å²) >= 11 is 6.05. The van der Waals surface area contributed by atoms with E-state index in [1.165, 1.54) is 6.20 Å². The molecule has 2 N–H and O–H groups in total. The number of hydrogen-bond donors (Lipinski definition) is 2. The molecule has 0 aliphatic carbocycles. The summed E-state index contributed by atoms with van der Waals surface area (Å²) in [6.45, 7) is 0. The van der Waals surface area contributed by atoms with Crippen LogP contribution in [0.4, 0.5) is 11.4 Å². The second-order valence-electron chi connectivity index (χ2n) is 5.18. The van der Waals surface area contributed by atoms with Crippen molar-refractivity contribution in [3.05, 3.63) is 89.2 Å². The number of nitrogens with zero attached hydrogens (tertiary/aromatic N) is 1. The Bertz CT molecular complexity index is 913. The monoisotopic (exact) mass is 351 g/mol. The second kappa shape index (κ2) is 7.59. The first kappa shape index (κ1) is 16.7. The number of aromatic nitrogens is 1. The molecule has 0 unspecified atom stereocenters. The van der Waals surface area contributed by atoms with Gasteiger partial charge in [0, 0.05) is 12.4 Å². The summed E-state index contributed by atoms with van der Waals surface area (Å²) in [5.41, 5.74) is 1.74. The number of benzene rings is 2. The van der Waals surface area contributed by atoms with Gasteiger partial charge in [0.2, 0.25) is 0 Å². The first-order chi connectivity index (χ1) is 12.1. The molecule has 2 aromatic carbocycles. The lowest BCUT2D eigenvalue weighted by Gasteiger charge is -2.12. The second-order valence-corrected chi connectivity index (χ2v) is 5.58. The van der Waals surface area contributed by atoms with Crippen LogP contribution in [0, 0.1) is 0 Å². The molecule has 0 aliphatic rings. The predicted octanol–water partition coefficient (Wildman–Crippen LogP) is 4.24. The zero-order valence-electron chi connectivity index (χ0n) is 13.1. The Morgan fingerprint density at radius 3 is 2.08 bits per heavy atom. The van der Waals surface area contributed by atoms with Gasteiger partial charge in [-0.2, -0.15) is 0 Å². The molecule has 3 rings (SSSR count). The molecule has 3 aromatic rings. The van der Waals surface area contributed by atoms with Crippen LogP contribution < -0.4 is 10.6 Å². The number of pyridine rings is 1. The molecule has 0 spiro atoms. The summed E-state index contributed by atoms with van der Waals surface area (Å²) in [6, 6.07) is 17.0. The van der Waals surface area contributed by atoms with Crippen molar-refractivity contribution in [2.45, 2.75) is 0 Å². The summed E-state index contributed by atoms with van der Waals surface area (Å²) in [4.78, 5) is 28.6. The van der Waals surface area contributed by atoms with Gasteiger partial charge in [0.05, 0.1) is 27.5 Å². The highest BCUT2D eigenvalue weighted by atomic mass is 35.5. The number of hydrogen-bond acceptors (Lipinski definition) is 3. The number of anilines is 2. The highest BCUT2D eigenvalue weighted by Crippen LogP contribution is 2.24. The molecule has 0 saturated carbocycles. The van der Waals surface area contributed by atoms with Crippen molar-refractivity contribution in [1.82, 2.24) is 4.98 Å². The Kier molecular flexibility index (Phi) is 5.06. The average molecular weight is 352 g/mol. The molecule has 0 fully saturated rings. The lowest BCUT2D eigenvalue weighted by Crippen LogP contribution is -2.17. The van der Waals surface area contributed by atoms with Gasteiger partial charge in [0.15, 0.2) is 0 Å². The SMILES string of the molecule is O=C(Nc1ccccc1NC(=O)c1ccccc1Cl)c1cccnc1. The fourth-order valence-corrected chi connectivity index (χ4v) is 2.45. The molecule has 0 bridgehead atoms. The molecule has 0 saturated heterocycles. The van der Waals surface area contributed by atoms with E-state index in [-0.39, 0.29) is 11.8 Å². The normalized spacial score (nSPS) is 10.1. The van der Waals surface area contributed by atoms with Crippen molar-refractivity contribution in [3.63, 3.8) is 0 Å². The number of carbonyl (C=O) groups is 2. The quantitative estimate of drug-likeness (QED) is 0.738. The third-order valence-electron chi connectivity index (χ3n) is 3.47. The Hall–Kier alpha value is -3.18. The Morgan fingerprint density at radius 2 is 1.44 bits per heavy atom. The van der Waals surface area contributed by atoms with Crippen molar-refractivity contribution in [2.24, 2.45) is 0 Å². The number of nitrogens with one attached hydrogen (secondary N) is 2. The van der Waals surface area contributed by atoms with Crippen molar-refractivity contribution < 1.29 is 9.59 Å². The molecule has 2 amide bonds. The van der Waals surface area contributed by atoms with E-state index in [0.29, 0.717) is 27.5 Å². The van der Waals surface area contributed by atoms with Crippen LogP contribution in [-0.4, -0.2) is 16.8 Å². The Morgan fingerprint density at radius 1 is 0.800 bits per heavy atom. The van der Waals surface area contributed by atoms with Crippen LogP contribution in [0.3, 0.4) is 0 Å². The average Bonchev–Trinajstić information content (AvgIpc) is 2.64. The van der Waals surface area contributed by atoms with Gasteiger partial charge in [-0.3, -0.25) is 14.6 Å². The molecule has 5 nitrogen and oxygen atoms in total. The first-order valence-electron chi connectivity index (χ1n) is 7.51. The third kappa shape index (κ3) is 4.02. The lowest BCUT2D eigenvalue weighted by molar-refractivity contribution is 0.101. The molecule has 1 heterocycles. The van der Waals surface area contributed by atoms with Crippen LogP contribution in [0.15, 0.2) is 73.1 Å². The summed E-state index contributed by atoms with van der Waals surface area (Å²) in [5, 5.41) is 5.90. The summed E-state index contributed by atoms with van der Waals surface area (Å²) in [5.74, 6) is -0.666. The van der Waals surface area contributed by atoms with E-state index in [1.807, 2.05) is 0 Å². The maximum atomic E-state index is 12.4. The standard InChI is InChI=1S/C19H14ClN3O2/c20-15-8-2-1-7-14(15)19(25)23-17-10-4-3-9-16(17)22-18(24)13-6-5-11-21-12-13/h1-12H,(H,22,24)(H,23,25). The van der Waals surface area contributed by atoms with Gasteiger partial charge < -0.3 is 10.6 Å². The fourth-order valence-electron chi connectivity index (χ4n) is 2.23. The fraction of sp³-hybridized carbons (Fsp3) is 0. The highest BCUT2D eigenvalue weighted by Gasteiger charge is 2.13. The molecule has 0 atom stereocenters. The van der Waals surface area contributed by atoms with Crippen molar-refractivity contribution >= 4 is 34.8 Å². The smallest absolute Gasteiger partial charge is 0.257 e. The van der Waals surface area contributed by atoms with Crippen LogP contribution in [0.2, 0.25) is 5.02 Å². The van der Waals surface area contributed by atoms with Gasteiger partial charge in [-0.15, -0.1) is 0 Å². The molecule has 0 radical (unpaired) electrons. The van der Waals surface area contributed by atoms with Gasteiger partial charge >= 0.3 is 0 Å². The maximum Gasteiger partial charge on any atom is 0.257 e. The number of amides is 2. The summed E-state index contributed by atoms with van der Waals surface area (Å²) in [7, 11) is 0. The highest BCUT2D eigenvalue weighted by molar-refractivity contribution is 6.34. The molecular formula is C19H14ClN3O2. The van der Waals surface area contributed by atoms with E-state index in [4.69, 9.17) is 11.6 Å². The van der Waals surface area contributed by atoms with Gasteiger partial charge in [0.1, 0.15) is 0 Å². The third-order valence-corrected chi connectivity index (χ3v) is 3.80. The minimum Gasteiger partial charge on any atom is -0.320 e. The Labute approximate surface area is 149 Å². The van der Waals surface area contributed by atoms with Crippen molar-refractivity contribution in [2.75, 3.05) is 10.6 Å². The number of halogens is 1. The molecule has 25 heavy (non-hydrogen) atoms. The zero-order valence-corrected chi connectivity index (χ0v) is 13.8. The van der Waals surface area contributed by atoms with Crippen molar-refractivity contribution in [3.8, 4) is 0 Å². The van der Waals surface area contributed by atoms with Crippen LogP contribution >= 0.6 is 11.6 Å². The number of rotatable bonds is 4. The molecule has 0 aliphatic heterocycles. The van der Waals surface area contributed by atoms with Crippen LogP contribution in [0.25, 0.3) is 0 Å². The molecule has 124 valence electrons. The molecule has 6 heteroatoms. The Balaban J connectivity index is 1.81. The maximum absolute atomic E-state index is 12.4. The number of carbonyl (C=O) groups excluding carboxylic acids is 2. The first-order valence-corrected chi connectivity index (χ1v) is 7.89. The summed E-state index contributed by atoms with van der Waals surface area (Å²) in [6.07, 6.45) is 3.06. The van der Waals surface area contributed by atoms with Gasteiger partial charge in [-0.05, 0) is 36.4 Å². The van der Waals surface area contributed by atoms with Crippen LogP contribution in [0.5, 0.6) is 0 Å². The molecular weight excluding hydrogens is 338 g/mol. The minimum atomic E-state index is -0.353. The largest absolute Gasteiger partial charge is 0.320 e. The minimum absolute atomic E-state index is 0.312. The predicted molar refractivity (Wildman–Crippen MR) is 98.0 cm³/mol. The lowest BCUT2D eigenvalue weighted by atomic mass is 10.2. The van der Waals surface area contributed by atoms with Gasteiger partial charge in [-0.1, -0.05) is 35.9 Å². The van der Waals surface area contributed by atoms with Gasteiger partial charge in [-0.25, -0.2) is 0 Å².